The molecule has 1 aromatic heterocycles. The number of carbonyl (C=O) groups is 1. The molecular weight excluding hydrogens is 495 g/mol. The summed E-state index contributed by atoms with van der Waals surface area (Å²) in [6.07, 6.45) is 1.23. The lowest BCUT2D eigenvalue weighted by Gasteiger charge is -2.36. The van der Waals surface area contributed by atoms with Crippen molar-refractivity contribution in [2.45, 2.75) is 18.3 Å². The average molecular weight is 517 g/mol. The van der Waals surface area contributed by atoms with Gasteiger partial charge in [-0.1, -0.05) is 30.3 Å². The van der Waals surface area contributed by atoms with E-state index in [0.717, 1.165) is 5.56 Å². The first kappa shape index (κ1) is 23.0. The second-order valence-corrected chi connectivity index (χ2v) is 8.37. The van der Waals surface area contributed by atoms with Crippen LogP contribution in [0.25, 0.3) is 0 Å². The van der Waals surface area contributed by atoms with Gasteiger partial charge in [0, 0.05) is 5.69 Å². The zero-order chi connectivity index (χ0) is 23.3. The van der Waals surface area contributed by atoms with Crippen LogP contribution >= 0.6 is 15.9 Å². The lowest BCUT2D eigenvalue weighted by atomic mass is 9.72. The number of hydrogen-bond donors (Lipinski definition) is 4. The highest BCUT2D eigenvalue weighted by Gasteiger charge is 2.42. The number of amides is 1. The minimum Gasteiger partial charge on any atom is -0.374 e. The molecule has 172 valence electrons. The molecule has 1 amide bonds. The molecule has 1 fully saturated rings. The number of halogens is 2. The summed E-state index contributed by atoms with van der Waals surface area (Å²) in [6.45, 7) is 0.847. The molecule has 0 atom stereocenters. The number of carbonyl (C=O) groups excluding carboxylic acids is 1. The summed E-state index contributed by atoms with van der Waals surface area (Å²) in [5, 5.41) is 26.2. The fraction of sp³-hybridized carbons (Fsp3) is 0.273. The predicted octanol–water partition coefficient (Wildman–Crippen LogP) is 3.04. The first-order valence-electron chi connectivity index (χ1n) is 10.3. The number of amidine groups is 1. The minimum absolute atomic E-state index is 0.0646. The van der Waals surface area contributed by atoms with Crippen LogP contribution in [0.1, 0.15) is 24.1 Å². The number of nitrogens with one attached hydrogen (secondary N) is 3. The number of piperidine rings is 1. The Bertz CT molecular complexity index is 1150. The van der Waals surface area contributed by atoms with Crippen LogP contribution in [0.2, 0.25) is 0 Å². The number of aliphatic hydroxyl groups excluding tert-OH is 1. The highest BCUT2D eigenvalue weighted by molar-refractivity contribution is 9.10. The van der Waals surface area contributed by atoms with E-state index in [9.17, 15) is 14.3 Å². The zero-order valence-electron chi connectivity index (χ0n) is 17.5. The standard InChI is InChI=1S/C22H22BrFN6O3/c23-16-12-15(6-7-17(16)24)27-19(26-13-31)18-20(30-33-29-18)28-21(32)22(8-10-25-11-9-22)14-4-2-1-3-5-14/h1-7,12,25,31H,8-11,13H2,(H,26,27)(H,28,30,32). The zero-order valence-corrected chi connectivity index (χ0v) is 19.1. The van der Waals surface area contributed by atoms with Gasteiger partial charge in [-0.3, -0.25) is 4.79 Å². The van der Waals surface area contributed by atoms with E-state index in [1.54, 1.807) is 0 Å². The van der Waals surface area contributed by atoms with Gasteiger partial charge in [-0.25, -0.2) is 14.0 Å². The highest BCUT2D eigenvalue weighted by Crippen LogP contribution is 2.35. The molecule has 1 saturated heterocycles. The average Bonchev–Trinajstić information content (AvgIpc) is 3.30. The van der Waals surface area contributed by atoms with Crippen molar-refractivity contribution >= 4 is 39.2 Å². The predicted molar refractivity (Wildman–Crippen MR) is 124 cm³/mol. The van der Waals surface area contributed by atoms with Crippen LogP contribution in [0.4, 0.5) is 15.9 Å². The van der Waals surface area contributed by atoms with Gasteiger partial charge in [0.15, 0.2) is 11.5 Å². The van der Waals surface area contributed by atoms with E-state index in [1.165, 1.54) is 18.2 Å². The van der Waals surface area contributed by atoms with E-state index in [4.69, 9.17) is 4.63 Å². The number of benzene rings is 2. The normalized spacial score (nSPS) is 15.8. The number of aliphatic imine (C=N–C) groups is 1. The molecule has 0 unspecified atom stereocenters. The molecule has 0 radical (unpaired) electrons. The minimum atomic E-state index is -0.744. The Hall–Kier alpha value is -3.15. The molecule has 4 rings (SSSR count). The van der Waals surface area contributed by atoms with Crippen LogP contribution < -0.4 is 16.0 Å². The SMILES string of the molecule is O=C(Nc1nonc1C(=NCO)Nc1ccc(F)c(Br)c1)C1(c2ccccc2)CCNCC1. The van der Waals surface area contributed by atoms with E-state index >= 15 is 0 Å². The molecule has 0 bridgehead atoms. The maximum atomic E-state index is 13.6. The Morgan fingerprint density at radius 3 is 2.64 bits per heavy atom. The number of aromatic nitrogens is 2. The summed E-state index contributed by atoms with van der Waals surface area (Å²) in [7, 11) is 0. The molecule has 3 aromatic rings. The topological polar surface area (TPSA) is 125 Å². The van der Waals surface area contributed by atoms with Crippen LogP contribution in [0.15, 0.2) is 62.6 Å². The van der Waals surface area contributed by atoms with E-state index in [-0.39, 0.29) is 27.7 Å². The first-order chi connectivity index (χ1) is 16.0. The van der Waals surface area contributed by atoms with Crippen molar-refractivity contribution in [3.8, 4) is 0 Å². The van der Waals surface area contributed by atoms with E-state index < -0.39 is 18.0 Å². The van der Waals surface area contributed by atoms with Gasteiger partial charge in [-0.05, 0) is 75.9 Å². The molecular formula is C22H22BrFN6O3. The Kier molecular flexibility index (Phi) is 7.11. The van der Waals surface area contributed by atoms with Gasteiger partial charge in [-0.15, -0.1) is 0 Å². The van der Waals surface area contributed by atoms with Gasteiger partial charge in [-0.2, -0.15) is 0 Å². The Labute approximate surface area is 197 Å². The van der Waals surface area contributed by atoms with Gasteiger partial charge < -0.3 is 21.1 Å². The third-order valence-corrected chi connectivity index (χ3v) is 6.18. The second-order valence-electron chi connectivity index (χ2n) is 7.52. The Balaban J connectivity index is 1.62. The Morgan fingerprint density at radius 2 is 1.94 bits per heavy atom. The van der Waals surface area contributed by atoms with Crippen molar-refractivity contribution < 1.29 is 18.9 Å². The summed E-state index contributed by atoms with van der Waals surface area (Å²) in [6, 6.07) is 13.9. The first-order valence-corrected chi connectivity index (χ1v) is 11.1. The smallest absolute Gasteiger partial charge is 0.236 e. The number of rotatable bonds is 6. The van der Waals surface area contributed by atoms with Crippen LogP contribution in [0, 0.1) is 5.82 Å². The number of aliphatic hydroxyl groups is 1. The van der Waals surface area contributed by atoms with Gasteiger partial charge >= 0.3 is 0 Å². The maximum Gasteiger partial charge on any atom is 0.236 e. The molecule has 0 aliphatic carbocycles. The third-order valence-electron chi connectivity index (χ3n) is 5.57. The fourth-order valence-corrected chi connectivity index (χ4v) is 4.24. The van der Waals surface area contributed by atoms with Crippen molar-refractivity contribution in [1.29, 1.82) is 0 Å². The van der Waals surface area contributed by atoms with Crippen molar-refractivity contribution in [2.24, 2.45) is 4.99 Å². The number of nitrogens with zero attached hydrogens (tertiary/aromatic N) is 3. The largest absolute Gasteiger partial charge is 0.374 e. The summed E-state index contributed by atoms with van der Waals surface area (Å²) in [5.74, 6) is -0.494. The molecule has 0 saturated carbocycles. The van der Waals surface area contributed by atoms with E-state index in [2.05, 4.69) is 47.2 Å². The summed E-state index contributed by atoms with van der Waals surface area (Å²) < 4.78 is 18.7. The fourth-order valence-electron chi connectivity index (χ4n) is 3.87. The molecule has 11 heteroatoms. The molecule has 2 aromatic carbocycles. The molecule has 1 aliphatic rings. The Morgan fingerprint density at radius 1 is 1.18 bits per heavy atom. The van der Waals surface area contributed by atoms with Crippen LogP contribution in [0.5, 0.6) is 0 Å². The maximum absolute atomic E-state index is 13.6. The van der Waals surface area contributed by atoms with Crippen molar-refractivity contribution in [3.05, 3.63) is 70.1 Å². The van der Waals surface area contributed by atoms with Crippen LogP contribution in [-0.2, 0) is 10.2 Å². The lowest BCUT2D eigenvalue weighted by Crippen LogP contribution is -2.48. The summed E-state index contributed by atoms with van der Waals surface area (Å²) >= 11 is 3.13. The van der Waals surface area contributed by atoms with Gasteiger partial charge in [0.2, 0.25) is 11.7 Å². The van der Waals surface area contributed by atoms with E-state index in [0.29, 0.717) is 31.6 Å². The van der Waals surface area contributed by atoms with Crippen molar-refractivity contribution in [1.82, 2.24) is 15.6 Å². The summed E-state index contributed by atoms with van der Waals surface area (Å²) in [4.78, 5) is 17.6. The quantitative estimate of drug-likeness (QED) is 0.293. The molecule has 0 spiro atoms. The third kappa shape index (κ3) is 4.95. The monoisotopic (exact) mass is 516 g/mol. The molecule has 33 heavy (non-hydrogen) atoms. The lowest BCUT2D eigenvalue weighted by molar-refractivity contribution is -0.122. The molecule has 4 N–H and O–H groups in total. The van der Waals surface area contributed by atoms with Crippen molar-refractivity contribution in [2.75, 3.05) is 30.5 Å². The molecule has 1 aliphatic heterocycles. The highest BCUT2D eigenvalue weighted by atomic mass is 79.9. The van der Waals surface area contributed by atoms with Crippen LogP contribution in [-0.4, -0.2) is 47.0 Å². The number of anilines is 2. The molecule has 9 nitrogen and oxygen atoms in total. The summed E-state index contributed by atoms with van der Waals surface area (Å²) in [5.41, 5.74) is 0.761. The van der Waals surface area contributed by atoms with Gasteiger partial charge in [0.1, 0.15) is 12.5 Å². The second kappa shape index (κ2) is 10.2. The van der Waals surface area contributed by atoms with Gasteiger partial charge in [0.05, 0.1) is 9.89 Å². The van der Waals surface area contributed by atoms with Crippen LogP contribution in [0.3, 0.4) is 0 Å². The van der Waals surface area contributed by atoms with Gasteiger partial charge in [0.25, 0.3) is 0 Å². The van der Waals surface area contributed by atoms with E-state index in [1.807, 2.05) is 30.3 Å². The van der Waals surface area contributed by atoms with Crippen molar-refractivity contribution in [3.63, 3.8) is 0 Å². The molecule has 2 heterocycles. The number of hydrogen-bond acceptors (Lipinski definition) is 7.